The van der Waals surface area contributed by atoms with E-state index in [2.05, 4.69) is 29.5 Å². The van der Waals surface area contributed by atoms with Gasteiger partial charge in [0, 0.05) is 33.2 Å². The number of nitrogens with one attached hydrogen (secondary N) is 2. The average Bonchev–Trinajstić information content (AvgIpc) is 3.01. The number of methoxy groups -OCH3 is 1. The summed E-state index contributed by atoms with van der Waals surface area (Å²) in [5.74, 6) is 2.49. The molecule has 0 aliphatic heterocycles. The van der Waals surface area contributed by atoms with E-state index in [9.17, 15) is 0 Å². The monoisotopic (exact) mass is 295 g/mol. The SMILES string of the molecule is CCC(CC)CN=C(NCCOC)NCCc1ccco1. The number of rotatable bonds is 10. The predicted octanol–water partition coefficient (Wildman–Crippen LogP) is 2.44. The van der Waals surface area contributed by atoms with E-state index in [0.29, 0.717) is 12.5 Å². The van der Waals surface area contributed by atoms with Crippen LogP contribution in [0.5, 0.6) is 0 Å². The molecule has 0 saturated carbocycles. The minimum Gasteiger partial charge on any atom is -0.469 e. The lowest BCUT2D eigenvalue weighted by atomic mass is 10.0. The summed E-state index contributed by atoms with van der Waals surface area (Å²) in [6.45, 7) is 7.51. The zero-order chi connectivity index (χ0) is 15.3. The fraction of sp³-hybridized carbons (Fsp3) is 0.688. The molecule has 1 rings (SSSR count). The van der Waals surface area contributed by atoms with Crippen LogP contribution in [0.3, 0.4) is 0 Å². The van der Waals surface area contributed by atoms with Gasteiger partial charge in [0.2, 0.25) is 0 Å². The van der Waals surface area contributed by atoms with Crippen LogP contribution in [0.25, 0.3) is 0 Å². The highest BCUT2D eigenvalue weighted by Gasteiger charge is 2.04. The Balaban J connectivity index is 2.40. The van der Waals surface area contributed by atoms with Crippen LogP contribution in [0.4, 0.5) is 0 Å². The van der Waals surface area contributed by atoms with Gasteiger partial charge in [0.05, 0.1) is 12.9 Å². The van der Waals surface area contributed by atoms with Crippen molar-refractivity contribution in [2.75, 3.05) is 33.4 Å². The van der Waals surface area contributed by atoms with Crippen molar-refractivity contribution in [1.29, 1.82) is 0 Å². The molecule has 0 saturated heterocycles. The second-order valence-electron chi connectivity index (χ2n) is 5.05. The van der Waals surface area contributed by atoms with Gasteiger partial charge in [-0.3, -0.25) is 4.99 Å². The summed E-state index contributed by atoms with van der Waals surface area (Å²) in [6, 6.07) is 3.90. The van der Waals surface area contributed by atoms with Gasteiger partial charge in [-0.15, -0.1) is 0 Å². The maximum atomic E-state index is 5.33. The summed E-state index contributed by atoms with van der Waals surface area (Å²) in [5, 5.41) is 6.63. The quantitative estimate of drug-likeness (QED) is 0.395. The van der Waals surface area contributed by atoms with E-state index in [1.54, 1.807) is 13.4 Å². The van der Waals surface area contributed by atoms with Gasteiger partial charge in [0.1, 0.15) is 5.76 Å². The van der Waals surface area contributed by atoms with Crippen LogP contribution in [0.2, 0.25) is 0 Å². The van der Waals surface area contributed by atoms with Crippen molar-refractivity contribution in [3.05, 3.63) is 24.2 Å². The molecule has 5 nitrogen and oxygen atoms in total. The second-order valence-corrected chi connectivity index (χ2v) is 5.05. The Bertz CT molecular complexity index is 373. The third-order valence-electron chi connectivity index (χ3n) is 3.50. The van der Waals surface area contributed by atoms with Gasteiger partial charge in [0.25, 0.3) is 0 Å². The molecule has 0 amide bonds. The molecule has 0 radical (unpaired) electrons. The molecule has 1 aromatic heterocycles. The molecule has 0 unspecified atom stereocenters. The fourth-order valence-electron chi connectivity index (χ4n) is 1.97. The number of nitrogens with zero attached hydrogens (tertiary/aromatic N) is 1. The zero-order valence-electron chi connectivity index (χ0n) is 13.5. The van der Waals surface area contributed by atoms with Crippen LogP contribution in [0.1, 0.15) is 32.4 Å². The summed E-state index contributed by atoms with van der Waals surface area (Å²) in [5.41, 5.74) is 0. The Labute approximate surface area is 128 Å². The van der Waals surface area contributed by atoms with E-state index in [1.807, 2.05) is 12.1 Å². The number of aliphatic imine (C=N–C) groups is 1. The van der Waals surface area contributed by atoms with Crippen molar-refractivity contribution in [3.63, 3.8) is 0 Å². The highest BCUT2D eigenvalue weighted by molar-refractivity contribution is 5.79. The molecule has 0 aliphatic rings. The van der Waals surface area contributed by atoms with E-state index in [1.165, 1.54) is 0 Å². The lowest BCUT2D eigenvalue weighted by Gasteiger charge is -2.14. The van der Waals surface area contributed by atoms with Crippen LogP contribution in [0, 0.1) is 5.92 Å². The molecule has 120 valence electrons. The number of hydrogen-bond donors (Lipinski definition) is 2. The highest BCUT2D eigenvalue weighted by atomic mass is 16.5. The molecule has 0 aliphatic carbocycles. The number of hydrogen-bond acceptors (Lipinski definition) is 3. The third kappa shape index (κ3) is 7.75. The second kappa shape index (κ2) is 11.2. The predicted molar refractivity (Wildman–Crippen MR) is 86.7 cm³/mol. The first-order valence-electron chi connectivity index (χ1n) is 7.83. The zero-order valence-corrected chi connectivity index (χ0v) is 13.5. The van der Waals surface area contributed by atoms with Crippen molar-refractivity contribution in [1.82, 2.24) is 10.6 Å². The van der Waals surface area contributed by atoms with Crippen molar-refractivity contribution >= 4 is 5.96 Å². The van der Waals surface area contributed by atoms with E-state index in [0.717, 1.165) is 50.6 Å². The van der Waals surface area contributed by atoms with Crippen LogP contribution < -0.4 is 10.6 Å². The Morgan fingerprint density at radius 3 is 2.67 bits per heavy atom. The molecule has 21 heavy (non-hydrogen) atoms. The first-order valence-corrected chi connectivity index (χ1v) is 7.83. The fourth-order valence-corrected chi connectivity index (χ4v) is 1.97. The van der Waals surface area contributed by atoms with Gasteiger partial charge in [-0.2, -0.15) is 0 Å². The normalized spacial score (nSPS) is 11.9. The van der Waals surface area contributed by atoms with Crippen molar-refractivity contribution in [2.45, 2.75) is 33.1 Å². The highest BCUT2D eigenvalue weighted by Crippen LogP contribution is 2.07. The molecule has 0 spiro atoms. The summed E-state index contributed by atoms with van der Waals surface area (Å²) >= 11 is 0. The molecule has 5 heteroatoms. The smallest absolute Gasteiger partial charge is 0.191 e. The molecule has 0 fully saturated rings. The molecule has 0 atom stereocenters. The van der Waals surface area contributed by atoms with E-state index in [4.69, 9.17) is 9.15 Å². The van der Waals surface area contributed by atoms with Gasteiger partial charge in [-0.05, 0) is 18.1 Å². The molecule has 1 heterocycles. The lowest BCUT2D eigenvalue weighted by molar-refractivity contribution is 0.203. The molecule has 0 aromatic carbocycles. The van der Waals surface area contributed by atoms with Crippen LogP contribution in [0.15, 0.2) is 27.8 Å². The summed E-state index contributed by atoms with van der Waals surface area (Å²) in [6.07, 6.45) is 4.88. The average molecular weight is 295 g/mol. The molecule has 2 N–H and O–H groups in total. The first-order chi connectivity index (χ1) is 10.3. The van der Waals surface area contributed by atoms with Gasteiger partial charge < -0.3 is 19.8 Å². The van der Waals surface area contributed by atoms with Gasteiger partial charge in [-0.1, -0.05) is 26.7 Å². The Kier molecular flexibility index (Phi) is 9.37. The van der Waals surface area contributed by atoms with Gasteiger partial charge in [0.15, 0.2) is 5.96 Å². The van der Waals surface area contributed by atoms with E-state index in [-0.39, 0.29) is 0 Å². The number of furan rings is 1. The summed E-state index contributed by atoms with van der Waals surface area (Å²) in [4.78, 5) is 4.66. The van der Waals surface area contributed by atoms with Crippen LogP contribution in [-0.2, 0) is 11.2 Å². The van der Waals surface area contributed by atoms with E-state index < -0.39 is 0 Å². The van der Waals surface area contributed by atoms with E-state index >= 15 is 0 Å². The summed E-state index contributed by atoms with van der Waals surface area (Å²) < 4.78 is 10.4. The van der Waals surface area contributed by atoms with Crippen molar-refractivity contribution < 1.29 is 9.15 Å². The third-order valence-corrected chi connectivity index (χ3v) is 3.50. The van der Waals surface area contributed by atoms with Crippen molar-refractivity contribution in [3.8, 4) is 0 Å². The van der Waals surface area contributed by atoms with Crippen LogP contribution >= 0.6 is 0 Å². The Hall–Kier alpha value is -1.49. The van der Waals surface area contributed by atoms with Crippen molar-refractivity contribution in [2.24, 2.45) is 10.9 Å². The lowest BCUT2D eigenvalue weighted by Crippen LogP contribution is -2.40. The maximum Gasteiger partial charge on any atom is 0.191 e. The Morgan fingerprint density at radius 1 is 1.29 bits per heavy atom. The number of ether oxygens (including phenoxy) is 1. The Morgan fingerprint density at radius 2 is 2.05 bits per heavy atom. The first kappa shape index (κ1) is 17.6. The van der Waals surface area contributed by atoms with Crippen LogP contribution in [-0.4, -0.2) is 39.3 Å². The standard InChI is InChI=1S/C16H29N3O2/c1-4-14(5-2)13-19-16(18-10-12-20-3)17-9-8-15-7-6-11-21-15/h6-7,11,14H,4-5,8-10,12-13H2,1-3H3,(H2,17,18,19). The molecular formula is C16H29N3O2. The molecule has 1 aromatic rings. The maximum absolute atomic E-state index is 5.33. The molecular weight excluding hydrogens is 266 g/mol. The minimum absolute atomic E-state index is 0.649. The number of guanidine groups is 1. The minimum atomic E-state index is 0.649. The summed E-state index contributed by atoms with van der Waals surface area (Å²) in [7, 11) is 1.70. The van der Waals surface area contributed by atoms with Gasteiger partial charge >= 0.3 is 0 Å². The van der Waals surface area contributed by atoms with Gasteiger partial charge in [-0.25, -0.2) is 0 Å². The molecule has 0 bridgehead atoms. The topological polar surface area (TPSA) is 58.8 Å². The largest absolute Gasteiger partial charge is 0.469 e.